The summed E-state index contributed by atoms with van der Waals surface area (Å²) in [6.07, 6.45) is 2.95. The molecule has 0 heterocycles. The first-order chi connectivity index (χ1) is 10.5. The van der Waals surface area contributed by atoms with Crippen LogP contribution in [0.4, 0.5) is 0 Å². The molecule has 4 nitrogen and oxygen atoms in total. The van der Waals surface area contributed by atoms with E-state index in [2.05, 4.69) is 6.07 Å². The van der Waals surface area contributed by atoms with Crippen LogP contribution in [0.2, 0.25) is 10.0 Å². The highest BCUT2D eigenvalue weighted by molar-refractivity contribution is 6.42. The fourth-order valence-corrected chi connectivity index (χ4v) is 3.21. The highest BCUT2D eigenvalue weighted by Gasteiger charge is 2.43. The Labute approximate surface area is 140 Å². The first-order valence-electron chi connectivity index (χ1n) is 7.28. The molecule has 0 radical (unpaired) electrons. The Morgan fingerprint density at radius 1 is 1.32 bits per heavy atom. The Kier molecular flexibility index (Phi) is 5.69. The Bertz CT molecular complexity index is 592. The van der Waals surface area contributed by atoms with E-state index in [4.69, 9.17) is 23.2 Å². The van der Waals surface area contributed by atoms with Gasteiger partial charge in [-0.05, 0) is 30.5 Å². The molecule has 0 bridgehead atoms. The number of hydrogen-bond donors (Lipinski definition) is 1. The van der Waals surface area contributed by atoms with Gasteiger partial charge in [-0.2, -0.15) is 5.26 Å². The second-order valence-electron chi connectivity index (χ2n) is 5.60. The van der Waals surface area contributed by atoms with Gasteiger partial charge in [0, 0.05) is 13.1 Å². The standard InChI is InChI=1S/C16H18Cl2N2O2/c17-13-4-3-12(9-14(13)18)10-20(7-8-21)15(22)16(11-19)5-1-2-6-16/h3-4,9,21H,1-2,5-8,10H2. The lowest BCUT2D eigenvalue weighted by Crippen LogP contribution is -2.43. The molecule has 1 aliphatic carbocycles. The summed E-state index contributed by atoms with van der Waals surface area (Å²) in [4.78, 5) is 14.3. The molecule has 1 amide bonds. The summed E-state index contributed by atoms with van der Waals surface area (Å²) in [5.41, 5.74) is -0.118. The van der Waals surface area contributed by atoms with Crippen molar-refractivity contribution >= 4 is 29.1 Å². The van der Waals surface area contributed by atoms with Crippen LogP contribution in [0.1, 0.15) is 31.2 Å². The third kappa shape index (κ3) is 3.55. The molecule has 0 aromatic heterocycles. The number of nitrogens with zero attached hydrogens (tertiary/aromatic N) is 2. The highest BCUT2D eigenvalue weighted by Crippen LogP contribution is 2.39. The van der Waals surface area contributed by atoms with Crippen LogP contribution in [0.15, 0.2) is 18.2 Å². The summed E-state index contributed by atoms with van der Waals surface area (Å²) >= 11 is 11.9. The monoisotopic (exact) mass is 340 g/mol. The maximum Gasteiger partial charge on any atom is 0.243 e. The van der Waals surface area contributed by atoms with Crippen LogP contribution >= 0.6 is 23.2 Å². The van der Waals surface area contributed by atoms with E-state index in [1.807, 2.05) is 0 Å². The maximum absolute atomic E-state index is 12.8. The van der Waals surface area contributed by atoms with Gasteiger partial charge in [-0.1, -0.05) is 42.1 Å². The molecule has 1 saturated carbocycles. The smallest absolute Gasteiger partial charge is 0.243 e. The van der Waals surface area contributed by atoms with Crippen molar-refractivity contribution in [3.05, 3.63) is 33.8 Å². The van der Waals surface area contributed by atoms with Crippen LogP contribution in [0.25, 0.3) is 0 Å². The van der Waals surface area contributed by atoms with Crippen molar-refractivity contribution in [2.75, 3.05) is 13.2 Å². The first-order valence-corrected chi connectivity index (χ1v) is 8.03. The number of aliphatic hydroxyl groups excluding tert-OH is 1. The van der Waals surface area contributed by atoms with Crippen molar-refractivity contribution in [3.63, 3.8) is 0 Å². The number of amides is 1. The van der Waals surface area contributed by atoms with Crippen molar-refractivity contribution in [2.45, 2.75) is 32.2 Å². The predicted molar refractivity (Wildman–Crippen MR) is 85.5 cm³/mol. The van der Waals surface area contributed by atoms with Crippen LogP contribution in [0.5, 0.6) is 0 Å². The van der Waals surface area contributed by atoms with Crippen molar-refractivity contribution in [3.8, 4) is 6.07 Å². The molecule has 0 aliphatic heterocycles. The van der Waals surface area contributed by atoms with E-state index in [9.17, 15) is 15.2 Å². The zero-order valence-electron chi connectivity index (χ0n) is 12.2. The number of benzene rings is 1. The van der Waals surface area contributed by atoms with Crippen LogP contribution in [0.3, 0.4) is 0 Å². The molecule has 6 heteroatoms. The summed E-state index contributed by atoms with van der Waals surface area (Å²) in [7, 11) is 0. The number of aliphatic hydroxyl groups is 1. The molecule has 0 unspecified atom stereocenters. The van der Waals surface area contributed by atoms with E-state index in [1.54, 1.807) is 18.2 Å². The Hall–Kier alpha value is -1.28. The van der Waals surface area contributed by atoms with Gasteiger partial charge in [0.15, 0.2) is 0 Å². The van der Waals surface area contributed by atoms with Gasteiger partial charge in [-0.3, -0.25) is 4.79 Å². The minimum Gasteiger partial charge on any atom is -0.395 e. The van der Waals surface area contributed by atoms with E-state index in [1.165, 1.54) is 4.90 Å². The zero-order valence-corrected chi connectivity index (χ0v) is 13.7. The second-order valence-corrected chi connectivity index (χ2v) is 6.41. The fraction of sp³-hybridized carbons (Fsp3) is 0.500. The zero-order chi connectivity index (χ0) is 16.2. The van der Waals surface area contributed by atoms with Gasteiger partial charge in [0.2, 0.25) is 5.91 Å². The molecule has 1 aliphatic rings. The molecule has 1 aromatic rings. The lowest BCUT2D eigenvalue weighted by molar-refractivity contribution is -0.140. The van der Waals surface area contributed by atoms with Gasteiger partial charge in [0.1, 0.15) is 5.41 Å². The molecule has 118 valence electrons. The summed E-state index contributed by atoms with van der Waals surface area (Å²) in [6, 6.07) is 7.37. The Morgan fingerprint density at radius 2 is 2.00 bits per heavy atom. The maximum atomic E-state index is 12.8. The third-order valence-electron chi connectivity index (χ3n) is 4.10. The number of hydrogen-bond acceptors (Lipinski definition) is 3. The highest BCUT2D eigenvalue weighted by atomic mass is 35.5. The van der Waals surface area contributed by atoms with E-state index in [-0.39, 0.29) is 19.1 Å². The normalized spacial score (nSPS) is 16.3. The molecule has 0 atom stereocenters. The van der Waals surface area contributed by atoms with Gasteiger partial charge >= 0.3 is 0 Å². The van der Waals surface area contributed by atoms with Gasteiger partial charge in [0.05, 0.1) is 22.7 Å². The molecule has 1 N–H and O–H groups in total. The van der Waals surface area contributed by atoms with Crippen molar-refractivity contribution < 1.29 is 9.90 Å². The molecule has 0 spiro atoms. The largest absolute Gasteiger partial charge is 0.395 e. The lowest BCUT2D eigenvalue weighted by Gasteiger charge is -2.29. The van der Waals surface area contributed by atoms with Gasteiger partial charge in [0.25, 0.3) is 0 Å². The summed E-state index contributed by atoms with van der Waals surface area (Å²) in [6.45, 7) is 0.358. The summed E-state index contributed by atoms with van der Waals surface area (Å²) in [5.74, 6) is -0.201. The van der Waals surface area contributed by atoms with Crippen LogP contribution in [-0.2, 0) is 11.3 Å². The van der Waals surface area contributed by atoms with Crippen LogP contribution < -0.4 is 0 Å². The van der Waals surface area contributed by atoms with Gasteiger partial charge < -0.3 is 10.0 Å². The Morgan fingerprint density at radius 3 is 2.55 bits per heavy atom. The molecule has 1 fully saturated rings. The summed E-state index contributed by atoms with van der Waals surface area (Å²) in [5, 5.41) is 19.6. The minimum atomic E-state index is -0.939. The quantitative estimate of drug-likeness (QED) is 0.893. The molecular weight excluding hydrogens is 323 g/mol. The van der Waals surface area contributed by atoms with Gasteiger partial charge in [-0.25, -0.2) is 0 Å². The molecule has 0 saturated heterocycles. The topological polar surface area (TPSA) is 64.3 Å². The van der Waals surface area contributed by atoms with Crippen LogP contribution in [0, 0.1) is 16.7 Å². The first kappa shape index (κ1) is 17.1. The van der Waals surface area contributed by atoms with Crippen molar-refractivity contribution in [1.82, 2.24) is 4.90 Å². The average Bonchev–Trinajstić information content (AvgIpc) is 3.00. The number of halogens is 2. The average molecular weight is 341 g/mol. The number of nitriles is 1. The van der Waals surface area contributed by atoms with Gasteiger partial charge in [-0.15, -0.1) is 0 Å². The SMILES string of the molecule is N#CC1(C(=O)N(CCO)Cc2ccc(Cl)c(Cl)c2)CCCC1. The minimum absolute atomic E-state index is 0.144. The summed E-state index contributed by atoms with van der Waals surface area (Å²) < 4.78 is 0. The number of carbonyl (C=O) groups excluding carboxylic acids is 1. The molecule has 22 heavy (non-hydrogen) atoms. The van der Waals surface area contributed by atoms with Crippen molar-refractivity contribution in [1.29, 1.82) is 5.26 Å². The fourth-order valence-electron chi connectivity index (χ4n) is 2.89. The van der Waals surface area contributed by atoms with E-state index >= 15 is 0 Å². The molecule has 2 rings (SSSR count). The van der Waals surface area contributed by atoms with Crippen molar-refractivity contribution in [2.24, 2.45) is 5.41 Å². The third-order valence-corrected chi connectivity index (χ3v) is 4.83. The van der Waals surface area contributed by atoms with Crippen LogP contribution in [-0.4, -0.2) is 29.1 Å². The predicted octanol–water partition coefficient (Wildman–Crippen LogP) is 3.40. The molecular formula is C16H18Cl2N2O2. The van der Waals surface area contributed by atoms with E-state index in [0.29, 0.717) is 29.4 Å². The van der Waals surface area contributed by atoms with E-state index < -0.39 is 5.41 Å². The Balaban J connectivity index is 2.20. The lowest BCUT2D eigenvalue weighted by atomic mass is 9.86. The van der Waals surface area contributed by atoms with E-state index in [0.717, 1.165) is 18.4 Å². The molecule has 1 aromatic carbocycles. The number of rotatable bonds is 5. The number of carbonyl (C=O) groups is 1. The second kappa shape index (κ2) is 7.32.